The Morgan fingerprint density at radius 1 is 0.973 bits per heavy atom. The number of nitrogens with zero attached hydrogens (tertiary/aromatic N) is 1. The number of anilines is 1. The molecule has 1 N–H and O–H groups in total. The van der Waals surface area contributed by atoms with Crippen LogP contribution in [0.15, 0.2) is 78.4 Å². The van der Waals surface area contributed by atoms with Crippen molar-refractivity contribution in [2.24, 2.45) is 0 Å². The number of hydrogen-bond donors (Lipinski definition) is 1. The van der Waals surface area contributed by atoms with E-state index in [1.807, 2.05) is 24.3 Å². The lowest BCUT2D eigenvalue weighted by molar-refractivity contribution is -0.132. The first-order valence-corrected chi connectivity index (χ1v) is 11.7. The number of rotatable bonds is 4. The van der Waals surface area contributed by atoms with Gasteiger partial charge in [-0.2, -0.15) is 0 Å². The van der Waals surface area contributed by atoms with Gasteiger partial charge in [0.2, 0.25) is 0 Å². The molecule has 4 aromatic carbocycles. The first kappa shape index (κ1) is 24.5. The number of ketones is 1. The molecule has 1 atom stereocenters. The smallest absolute Gasteiger partial charge is 0.300 e. The van der Waals surface area contributed by atoms with Crippen molar-refractivity contribution in [1.29, 1.82) is 0 Å². The number of amides is 1. The van der Waals surface area contributed by atoms with Crippen molar-refractivity contribution in [3.05, 3.63) is 112 Å². The Morgan fingerprint density at radius 2 is 1.70 bits per heavy atom. The fourth-order valence-corrected chi connectivity index (χ4v) is 5.13. The van der Waals surface area contributed by atoms with E-state index < -0.39 is 35.1 Å². The van der Waals surface area contributed by atoms with Crippen molar-refractivity contribution >= 4 is 45.5 Å². The van der Waals surface area contributed by atoms with Crippen molar-refractivity contribution in [3.8, 4) is 5.75 Å². The summed E-state index contributed by atoms with van der Waals surface area (Å²) in [6.45, 7) is 1.75. The van der Waals surface area contributed by atoms with Crippen molar-refractivity contribution in [1.82, 2.24) is 0 Å². The Labute approximate surface area is 216 Å². The van der Waals surface area contributed by atoms with Crippen LogP contribution in [0.2, 0.25) is 5.02 Å². The SMILES string of the molecule is COc1c(Cl)cc(C)cc1/C(O)=C1\C(=O)C(=O)N(c2ccc(F)c(F)c2)C1c1cccc2ccccc12. The number of aryl methyl sites for hydroxylation is 1. The van der Waals surface area contributed by atoms with Crippen LogP contribution in [-0.2, 0) is 9.59 Å². The number of halogens is 3. The predicted molar refractivity (Wildman–Crippen MR) is 138 cm³/mol. The summed E-state index contributed by atoms with van der Waals surface area (Å²) in [6.07, 6.45) is 0. The van der Waals surface area contributed by atoms with Gasteiger partial charge in [-0.15, -0.1) is 0 Å². The molecule has 4 aromatic rings. The minimum Gasteiger partial charge on any atom is -0.507 e. The van der Waals surface area contributed by atoms with Gasteiger partial charge >= 0.3 is 0 Å². The fraction of sp³-hybridized carbons (Fsp3) is 0.103. The molecule has 37 heavy (non-hydrogen) atoms. The van der Waals surface area contributed by atoms with Crippen molar-refractivity contribution < 1.29 is 28.2 Å². The molecule has 1 amide bonds. The molecule has 1 heterocycles. The van der Waals surface area contributed by atoms with Crippen LogP contribution < -0.4 is 9.64 Å². The van der Waals surface area contributed by atoms with E-state index in [9.17, 15) is 23.5 Å². The molecule has 1 saturated heterocycles. The molecule has 5 nitrogen and oxygen atoms in total. The second kappa shape index (κ2) is 9.33. The van der Waals surface area contributed by atoms with E-state index >= 15 is 0 Å². The molecule has 186 valence electrons. The maximum absolute atomic E-state index is 14.3. The van der Waals surface area contributed by atoms with Gasteiger partial charge < -0.3 is 9.84 Å². The number of Topliss-reactive ketones (excluding diaryl/α,β-unsaturated/α-hetero) is 1. The summed E-state index contributed by atoms with van der Waals surface area (Å²) in [5.74, 6) is -4.63. The average molecular weight is 520 g/mol. The van der Waals surface area contributed by atoms with Gasteiger partial charge in [0.1, 0.15) is 11.5 Å². The summed E-state index contributed by atoms with van der Waals surface area (Å²) < 4.78 is 33.4. The van der Waals surface area contributed by atoms with Gasteiger partial charge in [0, 0.05) is 11.8 Å². The summed E-state index contributed by atoms with van der Waals surface area (Å²) in [4.78, 5) is 28.0. The topological polar surface area (TPSA) is 66.8 Å². The molecule has 0 bridgehead atoms. The van der Waals surface area contributed by atoms with Gasteiger partial charge in [-0.05, 0) is 53.1 Å². The summed E-state index contributed by atoms with van der Waals surface area (Å²) >= 11 is 6.34. The first-order chi connectivity index (χ1) is 17.7. The van der Waals surface area contributed by atoms with Crippen LogP contribution in [0.3, 0.4) is 0 Å². The Bertz CT molecular complexity index is 1630. The van der Waals surface area contributed by atoms with Crippen LogP contribution in [0.25, 0.3) is 16.5 Å². The highest BCUT2D eigenvalue weighted by atomic mass is 35.5. The van der Waals surface area contributed by atoms with Gasteiger partial charge in [-0.1, -0.05) is 54.1 Å². The minimum atomic E-state index is -1.18. The third kappa shape index (κ3) is 4.01. The Balaban J connectivity index is 1.85. The molecular weight excluding hydrogens is 500 g/mol. The maximum Gasteiger partial charge on any atom is 0.300 e. The molecule has 5 rings (SSSR count). The van der Waals surface area contributed by atoms with Crippen LogP contribution in [0.1, 0.15) is 22.7 Å². The summed E-state index contributed by atoms with van der Waals surface area (Å²) in [5.41, 5.74) is 1.06. The van der Waals surface area contributed by atoms with E-state index in [2.05, 4.69) is 0 Å². The molecule has 0 saturated carbocycles. The number of aliphatic hydroxyl groups excluding tert-OH is 1. The van der Waals surface area contributed by atoms with Gasteiger partial charge in [0.25, 0.3) is 11.7 Å². The Hall–Kier alpha value is -4.23. The lowest BCUT2D eigenvalue weighted by atomic mass is 9.91. The summed E-state index contributed by atoms with van der Waals surface area (Å²) in [6, 6.07) is 17.7. The van der Waals surface area contributed by atoms with E-state index in [0.29, 0.717) is 16.5 Å². The monoisotopic (exact) mass is 519 g/mol. The number of aliphatic hydroxyl groups is 1. The second-order valence-corrected chi connectivity index (χ2v) is 9.07. The number of methoxy groups -OCH3 is 1. The lowest BCUT2D eigenvalue weighted by Gasteiger charge is -2.26. The largest absolute Gasteiger partial charge is 0.507 e. The molecule has 1 fully saturated rings. The quantitative estimate of drug-likeness (QED) is 0.185. The van der Waals surface area contributed by atoms with Crippen LogP contribution in [0.5, 0.6) is 5.75 Å². The summed E-state index contributed by atoms with van der Waals surface area (Å²) in [7, 11) is 1.37. The predicted octanol–water partition coefficient (Wildman–Crippen LogP) is 6.71. The maximum atomic E-state index is 14.3. The van der Waals surface area contributed by atoms with Gasteiger partial charge in [0.15, 0.2) is 11.6 Å². The molecular formula is C29H20ClF2NO4. The van der Waals surface area contributed by atoms with Crippen LogP contribution in [0.4, 0.5) is 14.5 Å². The molecule has 1 aliphatic rings. The highest BCUT2D eigenvalue weighted by Gasteiger charge is 2.48. The summed E-state index contributed by atoms with van der Waals surface area (Å²) in [5, 5.41) is 13.3. The van der Waals surface area contributed by atoms with Gasteiger partial charge in [-0.25, -0.2) is 8.78 Å². The standard InChI is InChI=1S/C29H20ClF2NO4/c1-15-12-20(28(37-2)21(30)13-15)26(34)24-25(19-9-5-7-16-6-3-4-8-18(16)19)33(29(36)27(24)35)17-10-11-22(31)23(32)14-17/h3-14,25,34H,1-2H3/b26-24+. The number of carbonyl (C=O) groups excluding carboxylic acids is 2. The minimum absolute atomic E-state index is 0.0350. The second-order valence-electron chi connectivity index (χ2n) is 8.66. The van der Waals surface area contributed by atoms with E-state index in [1.165, 1.54) is 13.2 Å². The van der Waals surface area contributed by atoms with E-state index in [0.717, 1.165) is 22.4 Å². The highest BCUT2D eigenvalue weighted by molar-refractivity contribution is 6.52. The number of hydrogen-bond acceptors (Lipinski definition) is 4. The third-order valence-electron chi connectivity index (χ3n) is 6.39. The van der Waals surface area contributed by atoms with E-state index in [-0.39, 0.29) is 27.6 Å². The number of benzene rings is 4. The van der Waals surface area contributed by atoms with E-state index in [1.54, 1.807) is 37.3 Å². The fourth-order valence-electron chi connectivity index (χ4n) is 4.77. The number of ether oxygens (including phenoxy) is 1. The van der Waals surface area contributed by atoms with Crippen molar-refractivity contribution in [3.63, 3.8) is 0 Å². The molecule has 1 aliphatic heterocycles. The van der Waals surface area contributed by atoms with Crippen LogP contribution >= 0.6 is 11.6 Å². The molecule has 0 aliphatic carbocycles. The first-order valence-electron chi connectivity index (χ1n) is 11.3. The zero-order chi connectivity index (χ0) is 26.4. The average Bonchev–Trinajstić information content (AvgIpc) is 3.14. The number of carbonyl (C=O) groups is 2. The molecule has 8 heteroatoms. The molecule has 1 unspecified atom stereocenters. The van der Waals surface area contributed by atoms with E-state index in [4.69, 9.17) is 16.3 Å². The van der Waals surface area contributed by atoms with Crippen molar-refractivity contribution in [2.75, 3.05) is 12.0 Å². The highest BCUT2D eigenvalue weighted by Crippen LogP contribution is 2.46. The van der Waals surface area contributed by atoms with Crippen LogP contribution in [-0.4, -0.2) is 23.9 Å². The van der Waals surface area contributed by atoms with Crippen LogP contribution in [0, 0.1) is 18.6 Å². The lowest BCUT2D eigenvalue weighted by Crippen LogP contribution is -2.29. The normalized spacial score (nSPS) is 17.0. The third-order valence-corrected chi connectivity index (χ3v) is 6.67. The zero-order valence-electron chi connectivity index (χ0n) is 19.8. The number of fused-ring (bicyclic) bond motifs is 1. The van der Waals surface area contributed by atoms with Gasteiger partial charge in [0.05, 0.1) is 29.3 Å². The van der Waals surface area contributed by atoms with Crippen molar-refractivity contribution in [2.45, 2.75) is 13.0 Å². The molecule has 0 aromatic heterocycles. The zero-order valence-corrected chi connectivity index (χ0v) is 20.5. The molecule has 0 radical (unpaired) electrons. The molecule has 0 spiro atoms. The Kier molecular flexibility index (Phi) is 6.17. The van der Waals surface area contributed by atoms with Gasteiger partial charge in [-0.3, -0.25) is 14.5 Å². The Morgan fingerprint density at radius 3 is 2.43 bits per heavy atom.